The third-order valence-corrected chi connectivity index (χ3v) is 12.3. The van der Waals surface area contributed by atoms with Crippen LogP contribution < -0.4 is 0 Å². The standard InChI is InChI=1S/C54H104O6/c1-5-7-9-11-13-15-17-19-20-21-23-25-30-34-38-42-46-53(56)59-49-51(60-54(57)47-43-39-35-31-27-26-28-32-36-40-44-50(3)4)48-58-52(55)45-41-37-33-29-24-22-18-16-14-12-10-8-6-2/h50-51H,5-49H2,1-4H3/t51-/m1/s1. The summed E-state index contributed by atoms with van der Waals surface area (Å²) in [6.07, 6.45) is 50.9. The first-order chi connectivity index (χ1) is 29.4. The fourth-order valence-corrected chi connectivity index (χ4v) is 8.22. The van der Waals surface area contributed by atoms with Crippen molar-refractivity contribution in [2.75, 3.05) is 13.2 Å². The smallest absolute Gasteiger partial charge is 0.306 e. The number of rotatable bonds is 49. The van der Waals surface area contributed by atoms with E-state index in [-0.39, 0.29) is 31.1 Å². The van der Waals surface area contributed by atoms with E-state index in [0.29, 0.717) is 19.3 Å². The van der Waals surface area contributed by atoms with Crippen molar-refractivity contribution in [2.45, 2.75) is 310 Å². The lowest BCUT2D eigenvalue weighted by molar-refractivity contribution is -0.167. The number of hydrogen-bond donors (Lipinski definition) is 0. The summed E-state index contributed by atoms with van der Waals surface area (Å²) in [6, 6.07) is 0. The van der Waals surface area contributed by atoms with Crippen LogP contribution in [0.3, 0.4) is 0 Å². The quantitative estimate of drug-likeness (QED) is 0.0345. The maximum atomic E-state index is 12.8. The Morgan fingerprint density at radius 3 is 0.817 bits per heavy atom. The zero-order valence-electron chi connectivity index (χ0n) is 40.9. The molecule has 356 valence electrons. The normalized spacial score (nSPS) is 11.9. The molecule has 0 aromatic rings. The van der Waals surface area contributed by atoms with Crippen LogP contribution in [0.25, 0.3) is 0 Å². The second-order valence-electron chi connectivity index (χ2n) is 19.0. The Balaban J connectivity index is 4.30. The predicted molar refractivity (Wildman–Crippen MR) is 257 cm³/mol. The van der Waals surface area contributed by atoms with Crippen molar-refractivity contribution in [3.05, 3.63) is 0 Å². The van der Waals surface area contributed by atoms with Gasteiger partial charge in [0.05, 0.1) is 0 Å². The molecule has 0 spiro atoms. The molecule has 6 heteroatoms. The van der Waals surface area contributed by atoms with E-state index in [4.69, 9.17) is 14.2 Å². The van der Waals surface area contributed by atoms with Crippen molar-refractivity contribution in [1.82, 2.24) is 0 Å². The Bertz CT molecular complexity index is 903. The maximum absolute atomic E-state index is 12.8. The van der Waals surface area contributed by atoms with E-state index in [1.807, 2.05) is 0 Å². The van der Waals surface area contributed by atoms with Gasteiger partial charge in [0.15, 0.2) is 6.10 Å². The third-order valence-electron chi connectivity index (χ3n) is 12.3. The van der Waals surface area contributed by atoms with Crippen molar-refractivity contribution in [3.63, 3.8) is 0 Å². The van der Waals surface area contributed by atoms with Crippen molar-refractivity contribution in [3.8, 4) is 0 Å². The number of unbranched alkanes of at least 4 members (excludes halogenated alkanes) is 36. The molecule has 0 bridgehead atoms. The molecule has 0 amide bonds. The molecule has 0 unspecified atom stereocenters. The van der Waals surface area contributed by atoms with Crippen LogP contribution in [-0.4, -0.2) is 37.2 Å². The van der Waals surface area contributed by atoms with Gasteiger partial charge in [0, 0.05) is 19.3 Å². The van der Waals surface area contributed by atoms with E-state index in [2.05, 4.69) is 27.7 Å². The topological polar surface area (TPSA) is 78.9 Å². The summed E-state index contributed by atoms with van der Waals surface area (Å²) < 4.78 is 16.8. The van der Waals surface area contributed by atoms with Crippen molar-refractivity contribution in [1.29, 1.82) is 0 Å². The molecule has 0 aliphatic heterocycles. The van der Waals surface area contributed by atoms with Crippen LogP contribution in [0.1, 0.15) is 304 Å². The number of hydrogen-bond acceptors (Lipinski definition) is 6. The van der Waals surface area contributed by atoms with Gasteiger partial charge in [-0.2, -0.15) is 0 Å². The highest BCUT2D eigenvalue weighted by molar-refractivity contribution is 5.71. The largest absolute Gasteiger partial charge is 0.462 e. The summed E-state index contributed by atoms with van der Waals surface area (Å²) >= 11 is 0. The Morgan fingerprint density at radius 2 is 0.550 bits per heavy atom. The molecule has 6 nitrogen and oxygen atoms in total. The molecule has 0 heterocycles. The number of carbonyl (C=O) groups excluding carboxylic acids is 3. The first-order valence-electron chi connectivity index (χ1n) is 26.9. The molecule has 0 radical (unpaired) electrons. The van der Waals surface area contributed by atoms with E-state index in [1.54, 1.807) is 0 Å². The van der Waals surface area contributed by atoms with E-state index in [9.17, 15) is 14.4 Å². The Labute approximate surface area is 374 Å². The molecule has 60 heavy (non-hydrogen) atoms. The lowest BCUT2D eigenvalue weighted by Gasteiger charge is -2.18. The second-order valence-corrected chi connectivity index (χ2v) is 19.0. The Kier molecular flexibility index (Phi) is 47.2. The minimum absolute atomic E-state index is 0.0626. The SMILES string of the molecule is CCCCCCCCCCCCCCCCCCC(=O)OC[C@@H](COC(=O)CCCCCCCCCCCCCCC)OC(=O)CCCCCCCCCCCCC(C)C. The van der Waals surface area contributed by atoms with Gasteiger partial charge in [0.2, 0.25) is 0 Å². The first kappa shape index (κ1) is 58.4. The van der Waals surface area contributed by atoms with Gasteiger partial charge in [-0.3, -0.25) is 14.4 Å². The fraction of sp³-hybridized carbons (Fsp3) is 0.944. The summed E-state index contributed by atoms with van der Waals surface area (Å²) in [7, 11) is 0. The molecule has 0 aliphatic carbocycles. The second kappa shape index (κ2) is 48.4. The van der Waals surface area contributed by atoms with Gasteiger partial charge in [-0.15, -0.1) is 0 Å². The summed E-state index contributed by atoms with van der Waals surface area (Å²) in [5.41, 5.74) is 0. The lowest BCUT2D eigenvalue weighted by Crippen LogP contribution is -2.30. The Hall–Kier alpha value is -1.59. The van der Waals surface area contributed by atoms with Crippen LogP contribution in [0.5, 0.6) is 0 Å². The molecule has 0 aromatic heterocycles. The van der Waals surface area contributed by atoms with Crippen LogP contribution in [0.4, 0.5) is 0 Å². The molecule has 1 atom stereocenters. The summed E-state index contributed by atoms with van der Waals surface area (Å²) in [4.78, 5) is 38.0. The minimum atomic E-state index is -0.761. The van der Waals surface area contributed by atoms with Crippen LogP contribution in [-0.2, 0) is 28.6 Å². The zero-order chi connectivity index (χ0) is 43.8. The molecule has 0 N–H and O–H groups in total. The highest BCUT2D eigenvalue weighted by Gasteiger charge is 2.19. The van der Waals surface area contributed by atoms with Crippen molar-refractivity contribution in [2.24, 2.45) is 5.92 Å². The molecule has 0 rings (SSSR count). The molecule has 0 fully saturated rings. The third kappa shape index (κ3) is 47.5. The van der Waals surface area contributed by atoms with Gasteiger partial charge in [0.1, 0.15) is 13.2 Å². The van der Waals surface area contributed by atoms with Gasteiger partial charge in [-0.05, 0) is 25.2 Å². The van der Waals surface area contributed by atoms with E-state index in [0.717, 1.165) is 63.7 Å². The maximum Gasteiger partial charge on any atom is 0.306 e. The molecule has 0 saturated heterocycles. The zero-order valence-corrected chi connectivity index (χ0v) is 40.9. The first-order valence-corrected chi connectivity index (χ1v) is 26.9. The van der Waals surface area contributed by atoms with E-state index < -0.39 is 6.10 Å². The molecular weight excluding hydrogens is 745 g/mol. The minimum Gasteiger partial charge on any atom is -0.462 e. The van der Waals surface area contributed by atoms with Gasteiger partial charge >= 0.3 is 17.9 Å². The monoisotopic (exact) mass is 849 g/mol. The number of esters is 3. The van der Waals surface area contributed by atoms with Crippen molar-refractivity contribution < 1.29 is 28.6 Å². The van der Waals surface area contributed by atoms with Crippen LogP contribution in [0.15, 0.2) is 0 Å². The van der Waals surface area contributed by atoms with Crippen LogP contribution >= 0.6 is 0 Å². The Morgan fingerprint density at radius 1 is 0.317 bits per heavy atom. The number of carbonyl (C=O) groups is 3. The number of ether oxygens (including phenoxy) is 3. The average molecular weight is 849 g/mol. The van der Waals surface area contributed by atoms with Gasteiger partial charge < -0.3 is 14.2 Å². The van der Waals surface area contributed by atoms with Gasteiger partial charge in [0.25, 0.3) is 0 Å². The molecule has 0 saturated carbocycles. The molecular formula is C54H104O6. The summed E-state index contributed by atoms with van der Waals surface area (Å²) in [6.45, 7) is 9.02. The lowest BCUT2D eigenvalue weighted by atomic mass is 10.0. The van der Waals surface area contributed by atoms with Crippen molar-refractivity contribution >= 4 is 17.9 Å². The predicted octanol–water partition coefficient (Wildman–Crippen LogP) is 17.5. The van der Waals surface area contributed by atoms with Crippen LogP contribution in [0, 0.1) is 5.92 Å². The molecule has 0 aromatic carbocycles. The van der Waals surface area contributed by atoms with Crippen LogP contribution in [0.2, 0.25) is 0 Å². The highest BCUT2D eigenvalue weighted by atomic mass is 16.6. The highest BCUT2D eigenvalue weighted by Crippen LogP contribution is 2.17. The summed E-state index contributed by atoms with van der Waals surface area (Å²) in [5, 5.41) is 0. The summed E-state index contributed by atoms with van der Waals surface area (Å²) in [5.74, 6) is -0.0255. The molecule has 0 aliphatic rings. The fourth-order valence-electron chi connectivity index (χ4n) is 8.22. The van der Waals surface area contributed by atoms with Gasteiger partial charge in [-0.25, -0.2) is 0 Å². The van der Waals surface area contributed by atoms with Gasteiger partial charge in [-0.1, -0.05) is 265 Å². The van der Waals surface area contributed by atoms with E-state index >= 15 is 0 Å². The average Bonchev–Trinajstić information content (AvgIpc) is 3.23. The van der Waals surface area contributed by atoms with E-state index in [1.165, 1.54) is 199 Å².